The van der Waals surface area contributed by atoms with Crippen molar-refractivity contribution in [3.63, 3.8) is 0 Å². The van der Waals surface area contributed by atoms with Gasteiger partial charge in [-0.05, 0) is 37.1 Å². The van der Waals surface area contributed by atoms with Crippen molar-refractivity contribution >= 4 is 0 Å². The van der Waals surface area contributed by atoms with Gasteiger partial charge in [0.05, 0.1) is 6.04 Å². The Balaban J connectivity index is 2.30. The van der Waals surface area contributed by atoms with Gasteiger partial charge in [0.25, 0.3) is 0 Å². The maximum absolute atomic E-state index is 4.43. The Labute approximate surface area is 115 Å². The maximum Gasteiger partial charge on any atom is 0.149 e. The van der Waals surface area contributed by atoms with E-state index in [0.29, 0.717) is 0 Å². The Hall–Kier alpha value is -1.74. The molecule has 0 aliphatic rings. The molecule has 100 valence electrons. The number of hydrogen-bond acceptors (Lipinski definition) is 3. The zero-order chi connectivity index (χ0) is 13.7. The third-order valence-corrected chi connectivity index (χ3v) is 3.17. The summed E-state index contributed by atoms with van der Waals surface area (Å²) in [5, 5.41) is 3.30. The summed E-state index contributed by atoms with van der Waals surface area (Å²) in [7, 11) is 1.94. The van der Waals surface area contributed by atoms with Crippen LogP contribution < -0.4 is 5.32 Å². The van der Waals surface area contributed by atoms with Gasteiger partial charge in [-0.1, -0.05) is 37.6 Å². The molecule has 3 nitrogen and oxygen atoms in total. The maximum atomic E-state index is 4.43. The number of hydrogen-bond donors (Lipinski definition) is 1. The number of aryl methyl sites for hydroxylation is 2. The topological polar surface area (TPSA) is 37.8 Å². The van der Waals surface area contributed by atoms with E-state index in [9.17, 15) is 0 Å². The molecule has 0 amide bonds. The predicted octanol–water partition coefficient (Wildman–Crippen LogP) is 3.05. The minimum atomic E-state index is 0.0532. The van der Waals surface area contributed by atoms with Gasteiger partial charge in [0.2, 0.25) is 0 Å². The van der Waals surface area contributed by atoms with Gasteiger partial charge in [-0.3, -0.25) is 0 Å². The van der Waals surface area contributed by atoms with Crippen LogP contribution in [0.1, 0.15) is 41.9 Å². The van der Waals surface area contributed by atoms with Crippen molar-refractivity contribution in [3.8, 4) is 0 Å². The highest BCUT2D eigenvalue weighted by atomic mass is 15.0. The normalized spacial score (nSPS) is 12.4. The van der Waals surface area contributed by atoms with Gasteiger partial charge in [-0.25, -0.2) is 9.97 Å². The summed E-state index contributed by atoms with van der Waals surface area (Å²) in [6.45, 7) is 4.20. The summed E-state index contributed by atoms with van der Waals surface area (Å²) in [6.07, 6.45) is 6.00. The summed E-state index contributed by atoms with van der Waals surface area (Å²) >= 11 is 0. The van der Waals surface area contributed by atoms with Crippen molar-refractivity contribution in [2.75, 3.05) is 7.05 Å². The lowest BCUT2D eigenvalue weighted by Crippen LogP contribution is -2.20. The molecule has 1 aromatic heterocycles. The number of nitrogens with zero attached hydrogens (tertiary/aromatic N) is 2. The Kier molecular flexibility index (Phi) is 4.63. The molecule has 1 N–H and O–H groups in total. The van der Waals surface area contributed by atoms with Crippen LogP contribution >= 0.6 is 0 Å². The van der Waals surface area contributed by atoms with E-state index < -0.39 is 0 Å². The van der Waals surface area contributed by atoms with Crippen molar-refractivity contribution in [2.24, 2.45) is 0 Å². The van der Waals surface area contributed by atoms with Crippen LogP contribution in [0.2, 0.25) is 0 Å². The van der Waals surface area contributed by atoms with Gasteiger partial charge in [0.15, 0.2) is 0 Å². The minimum Gasteiger partial charge on any atom is -0.307 e. The van der Waals surface area contributed by atoms with E-state index in [1.165, 1.54) is 11.1 Å². The molecule has 0 bridgehead atoms. The van der Waals surface area contributed by atoms with Gasteiger partial charge in [-0.15, -0.1) is 0 Å². The highest BCUT2D eigenvalue weighted by Gasteiger charge is 2.14. The number of aromatic nitrogens is 2. The van der Waals surface area contributed by atoms with Crippen LogP contribution in [0.4, 0.5) is 0 Å². The van der Waals surface area contributed by atoms with E-state index >= 15 is 0 Å². The molecule has 0 fully saturated rings. The van der Waals surface area contributed by atoms with E-state index in [1.54, 1.807) is 0 Å². The van der Waals surface area contributed by atoms with E-state index in [-0.39, 0.29) is 6.04 Å². The Morgan fingerprint density at radius 3 is 2.58 bits per heavy atom. The largest absolute Gasteiger partial charge is 0.307 e. The molecule has 0 radical (unpaired) electrons. The molecule has 2 rings (SSSR count). The standard InChI is InChI=1S/C16H21N3/c1-4-6-13-7-5-8-14(9-13)15(17-3)16-18-10-12(2)11-19-16/h5,7-11,15,17H,4,6H2,1-3H3. The van der Waals surface area contributed by atoms with Crippen molar-refractivity contribution in [1.29, 1.82) is 0 Å². The summed E-state index contributed by atoms with van der Waals surface area (Å²) < 4.78 is 0. The lowest BCUT2D eigenvalue weighted by molar-refractivity contribution is 0.644. The van der Waals surface area contributed by atoms with E-state index in [2.05, 4.69) is 46.5 Å². The van der Waals surface area contributed by atoms with Crippen LogP contribution in [0.25, 0.3) is 0 Å². The van der Waals surface area contributed by atoms with E-state index in [1.807, 2.05) is 26.4 Å². The first kappa shape index (κ1) is 13.7. The summed E-state index contributed by atoms with van der Waals surface area (Å²) in [4.78, 5) is 8.86. The Bertz CT molecular complexity index is 520. The average molecular weight is 255 g/mol. The van der Waals surface area contributed by atoms with Gasteiger partial charge in [0.1, 0.15) is 5.82 Å². The summed E-state index contributed by atoms with van der Waals surface area (Å²) in [5.41, 5.74) is 3.67. The monoisotopic (exact) mass is 255 g/mol. The minimum absolute atomic E-state index is 0.0532. The first-order valence-corrected chi connectivity index (χ1v) is 6.79. The van der Waals surface area contributed by atoms with Crippen molar-refractivity contribution in [3.05, 3.63) is 59.2 Å². The zero-order valence-electron chi connectivity index (χ0n) is 11.9. The number of nitrogens with one attached hydrogen (secondary N) is 1. The fraction of sp³-hybridized carbons (Fsp3) is 0.375. The molecule has 0 aliphatic carbocycles. The fourth-order valence-electron chi connectivity index (χ4n) is 2.21. The fourth-order valence-corrected chi connectivity index (χ4v) is 2.21. The molecule has 0 saturated heterocycles. The van der Waals surface area contributed by atoms with Crippen LogP contribution in [0, 0.1) is 6.92 Å². The highest BCUT2D eigenvalue weighted by Crippen LogP contribution is 2.20. The lowest BCUT2D eigenvalue weighted by atomic mass is 10.0. The highest BCUT2D eigenvalue weighted by molar-refractivity contribution is 5.30. The van der Waals surface area contributed by atoms with Crippen LogP contribution in [-0.4, -0.2) is 17.0 Å². The first-order chi connectivity index (χ1) is 9.24. The van der Waals surface area contributed by atoms with Crippen LogP contribution in [0.15, 0.2) is 36.7 Å². The van der Waals surface area contributed by atoms with Crippen molar-refractivity contribution in [1.82, 2.24) is 15.3 Å². The second-order valence-electron chi connectivity index (χ2n) is 4.84. The van der Waals surface area contributed by atoms with Gasteiger partial charge in [-0.2, -0.15) is 0 Å². The smallest absolute Gasteiger partial charge is 0.149 e. The van der Waals surface area contributed by atoms with Crippen LogP contribution in [0.3, 0.4) is 0 Å². The zero-order valence-corrected chi connectivity index (χ0v) is 11.9. The Morgan fingerprint density at radius 1 is 1.21 bits per heavy atom. The van der Waals surface area contributed by atoms with E-state index in [0.717, 1.165) is 24.2 Å². The quantitative estimate of drug-likeness (QED) is 0.892. The molecule has 0 saturated carbocycles. The third-order valence-electron chi connectivity index (χ3n) is 3.17. The molecule has 1 atom stereocenters. The first-order valence-electron chi connectivity index (χ1n) is 6.79. The second-order valence-corrected chi connectivity index (χ2v) is 4.84. The Morgan fingerprint density at radius 2 is 1.95 bits per heavy atom. The molecule has 0 spiro atoms. The molecular weight excluding hydrogens is 234 g/mol. The molecule has 0 aliphatic heterocycles. The van der Waals surface area contributed by atoms with Gasteiger partial charge in [0, 0.05) is 12.4 Å². The summed E-state index contributed by atoms with van der Waals surface area (Å²) in [6, 6.07) is 8.71. The number of benzene rings is 1. The lowest BCUT2D eigenvalue weighted by Gasteiger charge is -2.16. The molecule has 3 heteroatoms. The SMILES string of the molecule is CCCc1cccc(C(NC)c2ncc(C)cn2)c1. The summed E-state index contributed by atoms with van der Waals surface area (Å²) in [5.74, 6) is 0.821. The predicted molar refractivity (Wildman–Crippen MR) is 78.1 cm³/mol. The van der Waals surface area contributed by atoms with Crippen LogP contribution in [0.5, 0.6) is 0 Å². The number of rotatable bonds is 5. The molecule has 1 heterocycles. The second kappa shape index (κ2) is 6.43. The van der Waals surface area contributed by atoms with Crippen molar-refractivity contribution in [2.45, 2.75) is 32.7 Å². The molecule has 2 aromatic rings. The average Bonchev–Trinajstić information content (AvgIpc) is 2.43. The van der Waals surface area contributed by atoms with Crippen molar-refractivity contribution < 1.29 is 0 Å². The van der Waals surface area contributed by atoms with E-state index in [4.69, 9.17) is 0 Å². The van der Waals surface area contributed by atoms with Gasteiger partial charge < -0.3 is 5.32 Å². The molecular formula is C16H21N3. The molecule has 1 aromatic carbocycles. The third kappa shape index (κ3) is 3.38. The van der Waals surface area contributed by atoms with Crippen LogP contribution in [-0.2, 0) is 6.42 Å². The molecule has 19 heavy (non-hydrogen) atoms. The van der Waals surface area contributed by atoms with Gasteiger partial charge >= 0.3 is 0 Å². The molecule has 1 unspecified atom stereocenters.